The highest BCUT2D eigenvalue weighted by molar-refractivity contribution is 7.89. The Hall–Kier alpha value is -0.950. The summed E-state index contributed by atoms with van der Waals surface area (Å²) >= 11 is 0. The fraction of sp³-hybridized carbons (Fsp3) is 0.684. The van der Waals surface area contributed by atoms with Crippen LogP contribution < -0.4 is 0 Å². The Kier molecular flexibility index (Phi) is 5.83. The summed E-state index contributed by atoms with van der Waals surface area (Å²) in [5.74, 6) is 0.175. The molecule has 1 N–H and O–H groups in total. The average molecular weight is 368 g/mol. The van der Waals surface area contributed by atoms with Crippen molar-refractivity contribution in [2.75, 3.05) is 32.9 Å². The Morgan fingerprint density at radius 1 is 1.28 bits per heavy atom. The van der Waals surface area contributed by atoms with Gasteiger partial charge in [0.1, 0.15) is 0 Å². The number of aryl methyl sites for hydroxylation is 1. The lowest BCUT2D eigenvalue weighted by Gasteiger charge is -2.36. The van der Waals surface area contributed by atoms with Gasteiger partial charge < -0.3 is 9.84 Å². The lowest BCUT2D eigenvalue weighted by atomic mass is 9.76. The van der Waals surface area contributed by atoms with E-state index in [1.165, 1.54) is 22.7 Å². The number of fused-ring (bicyclic) bond motifs is 1. The molecule has 0 unspecified atom stereocenters. The van der Waals surface area contributed by atoms with Gasteiger partial charge in [-0.05, 0) is 42.9 Å². The van der Waals surface area contributed by atoms with Gasteiger partial charge in [0, 0.05) is 25.1 Å². The first-order valence-corrected chi connectivity index (χ1v) is 10.7. The van der Waals surface area contributed by atoms with Gasteiger partial charge >= 0.3 is 0 Å². The molecule has 0 bridgehead atoms. The molecule has 6 heteroatoms. The molecule has 5 nitrogen and oxygen atoms in total. The SMILES string of the molecule is CCCCCc1ccc(S(=O)(=O)N2C[C@@H]3CCOC[C@]3(CO)C2)cc1. The number of hydrogen-bond acceptors (Lipinski definition) is 4. The summed E-state index contributed by atoms with van der Waals surface area (Å²) in [4.78, 5) is 0.347. The van der Waals surface area contributed by atoms with E-state index in [4.69, 9.17) is 4.74 Å². The van der Waals surface area contributed by atoms with Crippen molar-refractivity contribution in [2.24, 2.45) is 11.3 Å². The van der Waals surface area contributed by atoms with Crippen LogP contribution in [-0.4, -0.2) is 50.7 Å². The van der Waals surface area contributed by atoms with Gasteiger partial charge in [-0.15, -0.1) is 0 Å². The van der Waals surface area contributed by atoms with Crippen molar-refractivity contribution in [3.8, 4) is 0 Å². The largest absolute Gasteiger partial charge is 0.396 e. The molecular weight excluding hydrogens is 338 g/mol. The summed E-state index contributed by atoms with van der Waals surface area (Å²) in [5.41, 5.74) is 0.744. The first-order valence-electron chi connectivity index (χ1n) is 9.29. The lowest BCUT2D eigenvalue weighted by molar-refractivity contribution is -0.0552. The molecule has 25 heavy (non-hydrogen) atoms. The summed E-state index contributed by atoms with van der Waals surface area (Å²) < 4.78 is 33.1. The quantitative estimate of drug-likeness (QED) is 0.752. The molecule has 0 radical (unpaired) electrons. The van der Waals surface area contributed by atoms with Crippen LogP contribution in [0.4, 0.5) is 0 Å². The summed E-state index contributed by atoms with van der Waals surface area (Å²) in [6.45, 7) is 4.05. The number of benzene rings is 1. The Labute approximate surface area is 151 Å². The number of aliphatic hydroxyl groups excluding tert-OH is 1. The molecule has 3 rings (SSSR count). The van der Waals surface area contributed by atoms with E-state index in [9.17, 15) is 13.5 Å². The minimum Gasteiger partial charge on any atom is -0.396 e. The van der Waals surface area contributed by atoms with E-state index >= 15 is 0 Å². The van der Waals surface area contributed by atoms with E-state index in [1.54, 1.807) is 12.1 Å². The summed E-state index contributed by atoms with van der Waals surface area (Å²) in [7, 11) is -3.52. The zero-order valence-electron chi connectivity index (χ0n) is 15.0. The van der Waals surface area contributed by atoms with Crippen molar-refractivity contribution in [3.05, 3.63) is 29.8 Å². The topological polar surface area (TPSA) is 66.8 Å². The molecule has 2 aliphatic heterocycles. The summed E-state index contributed by atoms with van der Waals surface area (Å²) in [6, 6.07) is 7.30. The van der Waals surface area contributed by atoms with Crippen molar-refractivity contribution in [1.82, 2.24) is 4.31 Å². The number of hydrogen-bond donors (Lipinski definition) is 1. The second kappa shape index (κ2) is 7.74. The predicted molar refractivity (Wildman–Crippen MR) is 96.9 cm³/mol. The molecule has 0 saturated carbocycles. The zero-order valence-corrected chi connectivity index (χ0v) is 15.8. The number of ether oxygens (including phenoxy) is 1. The van der Waals surface area contributed by atoms with Crippen molar-refractivity contribution >= 4 is 10.0 Å². The van der Waals surface area contributed by atoms with Crippen LogP contribution in [0, 0.1) is 11.3 Å². The molecule has 2 saturated heterocycles. The van der Waals surface area contributed by atoms with E-state index in [2.05, 4.69) is 6.92 Å². The maximum atomic E-state index is 13.0. The minimum atomic E-state index is -3.52. The van der Waals surface area contributed by atoms with Gasteiger partial charge in [-0.2, -0.15) is 4.31 Å². The molecule has 0 aromatic heterocycles. The fourth-order valence-electron chi connectivity index (χ4n) is 4.01. The Morgan fingerprint density at radius 3 is 2.68 bits per heavy atom. The van der Waals surface area contributed by atoms with Gasteiger partial charge in [0.15, 0.2) is 0 Å². The van der Waals surface area contributed by atoms with Crippen LogP contribution in [0.2, 0.25) is 0 Å². The van der Waals surface area contributed by atoms with E-state index in [0.717, 1.165) is 19.3 Å². The molecule has 140 valence electrons. The van der Waals surface area contributed by atoms with Crippen molar-refractivity contribution in [1.29, 1.82) is 0 Å². The molecule has 2 atom stereocenters. The number of aliphatic hydroxyl groups is 1. The maximum absolute atomic E-state index is 13.0. The Morgan fingerprint density at radius 2 is 2.04 bits per heavy atom. The van der Waals surface area contributed by atoms with Gasteiger partial charge in [0.25, 0.3) is 0 Å². The number of unbranched alkanes of at least 4 members (excludes halogenated alkanes) is 2. The fourth-order valence-corrected chi connectivity index (χ4v) is 5.59. The summed E-state index contributed by atoms with van der Waals surface area (Å²) in [6.07, 6.45) is 5.31. The second-order valence-electron chi connectivity index (χ2n) is 7.46. The highest BCUT2D eigenvalue weighted by Crippen LogP contribution is 2.42. The Bertz CT molecular complexity index is 673. The molecule has 2 heterocycles. The predicted octanol–water partition coefficient (Wildman–Crippen LogP) is 2.44. The van der Waals surface area contributed by atoms with Gasteiger partial charge in [-0.1, -0.05) is 31.9 Å². The van der Waals surface area contributed by atoms with Crippen molar-refractivity contribution in [2.45, 2.75) is 43.9 Å². The molecule has 1 aromatic rings. The van der Waals surface area contributed by atoms with Crippen molar-refractivity contribution < 1.29 is 18.3 Å². The molecule has 2 fully saturated rings. The number of nitrogens with zero attached hydrogens (tertiary/aromatic N) is 1. The van der Waals surface area contributed by atoms with Crippen LogP contribution in [0.5, 0.6) is 0 Å². The van der Waals surface area contributed by atoms with Gasteiger partial charge in [-0.25, -0.2) is 8.42 Å². The highest BCUT2D eigenvalue weighted by Gasteiger charge is 2.51. The maximum Gasteiger partial charge on any atom is 0.243 e. The third kappa shape index (κ3) is 3.77. The van der Waals surface area contributed by atoms with Gasteiger partial charge in [-0.3, -0.25) is 0 Å². The third-order valence-electron chi connectivity index (χ3n) is 5.73. The van der Waals surface area contributed by atoms with E-state index in [-0.39, 0.29) is 12.5 Å². The average Bonchev–Trinajstić information content (AvgIpc) is 3.03. The summed E-state index contributed by atoms with van der Waals surface area (Å²) in [5, 5.41) is 9.84. The van der Waals surface area contributed by atoms with Crippen LogP contribution in [0.25, 0.3) is 0 Å². The van der Waals surface area contributed by atoms with Crippen molar-refractivity contribution in [3.63, 3.8) is 0 Å². The normalized spacial score (nSPS) is 27.4. The molecule has 0 spiro atoms. The highest BCUT2D eigenvalue weighted by atomic mass is 32.2. The number of sulfonamides is 1. The van der Waals surface area contributed by atoms with E-state index in [1.807, 2.05) is 12.1 Å². The van der Waals surface area contributed by atoms with Crippen LogP contribution >= 0.6 is 0 Å². The van der Waals surface area contributed by atoms with E-state index < -0.39 is 15.4 Å². The third-order valence-corrected chi connectivity index (χ3v) is 7.55. The molecule has 2 aliphatic rings. The first-order chi connectivity index (χ1) is 12.0. The first kappa shape index (κ1) is 18.8. The van der Waals surface area contributed by atoms with Crippen LogP contribution in [0.3, 0.4) is 0 Å². The molecule has 1 aromatic carbocycles. The zero-order chi connectivity index (χ0) is 17.9. The molecular formula is C19H29NO4S. The lowest BCUT2D eigenvalue weighted by Crippen LogP contribution is -2.43. The van der Waals surface area contributed by atoms with Gasteiger partial charge in [0.2, 0.25) is 10.0 Å². The standard InChI is InChI=1S/C19H29NO4S/c1-2-3-4-5-16-6-8-18(9-7-16)25(22,23)20-12-17-10-11-24-15-19(17,13-20)14-21/h6-9,17,21H,2-5,10-15H2,1H3/t17-,19+/m0/s1. The van der Waals surface area contributed by atoms with Crippen LogP contribution in [0.15, 0.2) is 29.2 Å². The Balaban J connectivity index is 1.73. The smallest absolute Gasteiger partial charge is 0.243 e. The molecule has 0 aliphatic carbocycles. The van der Waals surface area contributed by atoms with Crippen LogP contribution in [-0.2, 0) is 21.2 Å². The second-order valence-corrected chi connectivity index (χ2v) is 9.40. The number of rotatable bonds is 7. The monoisotopic (exact) mass is 367 g/mol. The van der Waals surface area contributed by atoms with E-state index in [0.29, 0.717) is 31.2 Å². The minimum absolute atomic E-state index is 0.0277. The molecule has 0 amide bonds. The van der Waals surface area contributed by atoms with Gasteiger partial charge in [0.05, 0.1) is 18.1 Å². The van der Waals surface area contributed by atoms with Crippen LogP contribution in [0.1, 0.15) is 38.2 Å².